The van der Waals surface area contributed by atoms with Gasteiger partial charge in [0.1, 0.15) is 0 Å². The van der Waals surface area contributed by atoms with Crippen molar-refractivity contribution in [1.29, 1.82) is 0 Å². The SMILES string of the molecule is COc1ccc(/C=C/C(=O)c2ccc(C)s2)c(OC)c1OC. The number of hydrogen-bond donors (Lipinski definition) is 0. The van der Waals surface area contributed by atoms with Crippen molar-refractivity contribution < 1.29 is 19.0 Å². The third kappa shape index (κ3) is 3.31. The molecule has 0 spiro atoms. The second kappa shape index (κ2) is 7.13. The van der Waals surface area contributed by atoms with Crippen molar-refractivity contribution in [3.05, 3.63) is 45.7 Å². The zero-order valence-electron chi connectivity index (χ0n) is 13.0. The fourth-order valence-electron chi connectivity index (χ4n) is 2.07. The number of aryl methyl sites for hydroxylation is 1. The van der Waals surface area contributed by atoms with Crippen LogP contribution in [-0.2, 0) is 0 Å². The van der Waals surface area contributed by atoms with Crippen molar-refractivity contribution >= 4 is 23.2 Å². The minimum atomic E-state index is -0.0325. The van der Waals surface area contributed by atoms with Gasteiger partial charge in [-0.2, -0.15) is 0 Å². The van der Waals surface area contributed by atoms with Crippen LogP contribution in [0.1, 0.15) is 20.1 Å². The molecular formula is C17H18O4S. The first-order chi connectivity index (χ1) is 10.6. The molecule has 0 aliphatic heterocycles. The van der Waals surface area contributed by atoms with Gasteiger partial charge >= 0.3 is 0 Å². The zero-order chi connectivity index (χ0) is 16.1. The summed E-state index contributed by atoms with van der Waals surface area (Å²) in [6.07, 6.45) is 3.26. The van der Waals surface area contributed by atoms with Crippen LogP contribution in [-0.4, -0.2) is 27.1 Å². The average Bonchev–Trinajstić information content (AvgIpc) is 2.97. The number of ketones is 1. The number of carbonyl (C=O) groups excluding carboxylic acids is 1. The maximum absolute atomic E-state index is 12.1. The van der Waals surface area contributed by atoms with Crippen LogP contribution in [0.4, 0.5) is 0 Å². The summed E-state index contributed by atoms with van der Waals surface area (Å²) in [5, 5.41) is 0. The lowest BCUT2D eigenvalue weighted by Crippen LogP contribution is -1.97. The molecule has 22 heavy (non-hydrogen) atoms. The van der Waals surface area contributed by atoms with Crippen LogP contribution in [0.15, 0.2) is 30.3 Å². The summed E-state index contributed by atoms with van der Waals surface area (Å²) in [5.41, 5.74) is 0.752. The van der Waals surface area contributed by atoms with Gasteiger partial charge in [0.2, 0.25) is 5.75 Å². The number of methoxy groups -OCH3 is 3. The molecule has 1 aromatic heterocycles. The molecule has 0 saturated heterocycles. The summed E-state index contributed by atoms with van der Waals surface area (Å²) in [6, 6.07) is 7.37. The third-order valence-electron chi connectivity index (χ3n) is 3.13. The molecule has 0 aliphatic carbocycles. The molecule has 0 radical (unpaired) electrons. The van der Waals surface area contributed by atoms with Crippen LogP contribution in [0.3, 0.4) is 0 Å². The summed E-state index contributed by atoms with van der Waals surface area (Å²) in [5.74, 6) is 1.59. The van der Waals surface area contributed by atoms with E-state index in [0.29, 0.717) is 22.1 Å². The number of allylic oxidation sites excluding steroid dienone is 1. The summed E-state index contributed by atoms with van der Waals surface area (Å²) in [4.78, 5) is 14.0. The Morgan fingerprint density at radius 1 is 1.00 bits per heavy atom. The van der Waals surface area contributed by atoms with Gasteiger partial charge in [0.15, 0.2) is 17.3 Å². The first kappa shape index (κ1) is 16.1. The van der Waals surface area contributed by atoms with Crippen molar-refractivity contribution in [2.75, 3.05) is 21.3 Å². The monoisotopic (exact) mass is 318 g/mol. The zero-order valence-corrected chi connectivity index (χ0v) is 13.8. The van der Waals surface area contributed by atoms with Gasteiger partial charge in [0.05, 0.1) is 26.2 Å². The summed E-state index contributed by atoms with van der Waals surface area (Å²) >= 11 is 1.48. The van der Waals surface area contributed by atoms with Gasteiger partial charge in [-0.1, -0.05) is 0 Å². The Kier molecular flexibility index (Phi) is 5.22. The highest BCUT2D eigenvalue weighted by Crippen LogP contribution is 2.40. The highest BCUT2D eigenvalue weighted by atomic mass is 32.1. The maximum Gasteiger partial charge on any atom is 0.203 e. The van der Waals surface area contributed by atoms with E-state index in [-0.39, 0.29) is 5.78 Å². The Bertz CT molecular complexity index is 701. The molecular weight excluding hydrogens is 300 g/mol. The molecule has 4 nitrogen and oxygen atoms in total. The van der Waals surface area contributed by atoms with Gasteiger partial charge < -0.3 is 14.2 Å². The topological polar surface area (TPSA) is 44.8 Å². The summed E-state index contributed by atoms with van der Waals surface area (Å²) in [7, 11) is 4.67. The van der Waals surface area contributed by atoms with Gasteiger partial charge in [0.25, 0.3) is 0 Å². The molecule has 0 atom stereocenters. The molecule has 0 bridgehead atoms. The van der Waals surface area contributed by atoms with E-state index in [9.17, 15) is 4.79 Å². The van der Waals surface area contributed by atoms with Crippen molar-refractivity contribution in [3.8, 4) is 17.2 Å². The lowest BCUT2D eigenvalue weighted by molar-refractivity contribution is 0.105. The third-order valence-corrected chi connectivity index (χ3v) is 4.15. The Morgan fingerprint density at radius 2 is 1.73 bits per heavy atom. The van der Waals surface area contributed by atoms with E-state index < -0.39 is 0 Å². The number of thiophene rings is 1. The molecule has 0 N–H and O–H groups in total. The molecule has 0 unspecified atom stereocenters. The molecule has 1 heterocycles. The van der Waals surface area contributed by atoms with E-state index in [1.807, 2.05) is 25.1 Å². The second-order valence-corrected chi connectivity index (χ2v) is 5.82. The van der Waals surface area contributed by atoms with Crippen LogP contribution in [0.2, 0.25) is 0 Å². The van der Waals surface area contributed by atoms with E-state index >= 15 is 0 Å². The van der Waals surface area contributed by atoms with E-state index in [1.165, 1.54) is 17.4 Å². The molecule has 0 saturated carbocycles. The molecule has 2 rings (SSSR count). The van der Waals surface area contributed by atoms with E-state index in [2.05, 4.69) is 0 Å². The van der Waals surface area contributed by atoms with Crippen molar-refractivity contribution in [3.63, 3.8) is 0 Å². The quantitative estimate of drug-likeness (QED) is 0.597. The van der Waals surface area contributed by atoms with Gasteiger partial charge in [-0.3, -0.25) is 4.79 Å². The predicted molar refractivity (Wildman–Crippen MR) is 88.5 cm³/mol. The fraction of sp³-hybridized carbons (Fsp3) is 0.235. The number of carbonyl (C=O) groups is 1. The first-order valence-electron chi connectivity index (χ1n) is 6.68. The van der Waals surface area contributed by atoms with Crippen molar-refractivity contribution in [1.82, 2.24) is 0 Å². The molecule has 0 fully saturated rings. The van der Waals surface area contributed by atoms with E-state index in [0.717, 1.165) is 10.4 Å². The highest BCUT2D eigenvalue weighted by Gasteiger charge is 2.14. The highest BCUT2D eigenvalue weighted by molar-refractivity contribution is 7.14. The second-order valence-electron chi connectivity index (χ2n) is 4.53. The lowest BCUT2D eigenvalue weighted by Gasteiger charge is -2.13. The molecule has 1 aromatic carbocycles. The normalized spacial score (nSPS) is 10.7. The van der Waals surface area contributed by atoms with Crippen molar-refractivity contribution in [2.45, 2.75) is 6.92 Å². The van der Waals surface area contributed by atoms with Gasteiger partial charge in [0, 0.05) is 10.4 Å². The molecule has 5 heteroatoms. The fourth-order valence-corrected chi connectivity index (χ4v) is 2.86. The predicted octanol–water partition coefficient (Wildman–Crippen LogP) is 3.98. The first-order valence-corrected chi connectivity index (χ1v) is 7.50. The number of ether oxygens (including phenoxy) is 3. The van der Waals surface area contributed by atoms with Crippen LogP contribution in [0.5, 0.6) is 17.2 Å². The largest absolute Gasteiger partial charge is 0.493 e. The molecule has 116 valence electrons. The van der Waals surface area contributed by atoms with Gasteiger partial charge in [-0.05, 0) is 43.3 Å². The number of hydrogen-bond acceptors (Lipinski definition) is 5. The number of rotatable bonds is 6. The number of benzene rings is 1. The van der Waals surface area contributed by atoms with Gasteiger partial charge in [-0.15, -0.1) is 11.3 Å². The Morgan fingerprint density at radius 3 is 2.27 bits per heavy atom. The molecule has 0 aliphatic rings. The Labute approximate surface area is 133 Å². The molecule has 0 amide bonds. The minimum absolute atomic E-state index is 0.0325. The minimum Gasteiger partial charge on any atom is -0.493 e. The van der Waals surface area contributed by atoms with Crippen LogP contribution in [0, 0.1) is 6.92 Å². The van der Waals surface area contributed by atoms with Crippen LogP contribution in [0.25, 0.3) is 6.08 Å². The van der Waals surface area contributed by atoms with Crippen LogP contribution >= 0.6 is 11.3 Å². The van der Waals surface area contributed by atoms with Crippen LogP contribution < -0.4 is 14.2 Å². The van der Waals surface area contributed by atoms with E-state index in [1.54, 1.807) is 33.5 Å². The Balaban J connectivity index is 2.32. The standard InChI is InChI=1S/C17H18O4S/c1-11-5-10-15(22-11)13(18)8-6-12-7-9-14(19-2)17(21-4)16(12)20-3/h5-10H,1-4H3/b8-6+. The van der Waals surface area contributed by atoms with E-state index in [4.69, 9.17) is 14.2 Å². The van der Waals surface area contributed by atoms with Crippen molar-refractivity contribution in [2.24, 2.45) is 0 Å². The smallest absolute Gasteiger partial charge is 0.203 e. The lowest BCUT2D eigenvalue weighted by atomic mass is 10.1. The summed E-state index contributed by atoms with van der Waals surface area (Å²) in [6.45, 7) is 1.97. The average molecular weight is 318 g/mol. The molecule has 2 aromatic rings. The van der Waals surface area contributed by atoms with Gasteiger partial charge in [-0.25, -0.2) is 0 Å². The Hall–Kier alpha value is -2.27. The maximum atomic E-state index is 12.1. The summed E-state index contributed by atoms with van der Waals surface area (Å²) < 4.78 is 16.0.